The average molecular weight is 341 g/mol. The molecule has 0 bridgehead atoms. The number of carbonyl (C=O) groups excluding carboxylic acids is 1. The zero-order valence-corrected chi connectivity index (χ0v) is 14.1. The molecule has 6 heteroatoms. The van der Waals surface area contributed by atoms with Gasteiger partial charge in [0.1, 0.15) is 6.10 Å². The van der Waals surface area contributed by atoms with Gasteiger partial charge in [0.25, 0.3) is 5.91 Å². The Morgan fingerprint density at radius 3 is 2.68 bits per heavy atom. The summed E-state index contributed by atoms with van der Waals surface area (Å²) in [6.45, 7) is 2.34. The molecule has 0 unspecified atom stereocenters. The fourth-order valence-electron chi connectivity index (χ4n) is 2.67. The van der Waals surface area contributed by atoms with E-state index in [-0.39, 0.29) is 12.0 Å². The van der Waals surface area contributed by atoms with E-state index < -0.39 is 0 Å². The molecule has 2 aromatic rings. The molecule has 3 N–H and O–H groups in total. The maximum atomic E-state index is 12.2. The largest absolute Gasteiger partial charge is 0.474 e. The normalized spacial score (nSPS) is 14.9. The van der Waals surface area contributed by atoms with Crippen LogP contribution in [-0.2, 0) is 17.8 Å². The van der Waals surface area contributed by atoms with Crippen LogP contribution in [-0.4, -0.2) is 30.2 Å². The molecule has 0 saturated carbocycles. The van der Waals surface area contributed by atoms with Gasteiger partial charge in [0.05, 0.1) is 13.2 Å². The van der Waals surface area contributed by atoms with Gasteiger partial charge in [-0.15, -0.1) is 0 Å². The molecule has 0 spiro atoms. The van der Waals surface area contributed by atoms with Gasteiger partial charge in [-0.25, -0.2) is 4.98 Å². The lowest BCUT2D eigenvalue weighted by Gasteiger charge is -2.22. The number of hydrogen-bond donors (Lipinski definition) is 2. The van der Waals surface area contributed by atoms with Crippen molar-refractivity contribution in [3.05, 3.63) is 59.3 Å². The minimum atomic E-state index is -0.118. The summed E-state index contributed by atoms with van der Waals surface area (Å²) >= 11 is 0. The predicted octanol–water partition coefficient (Wildman–Crippen LogP) is 2.03. The number of nitrogens with two attached hydrogens (primary N) is 1. The molecule has 1 amide bonds. The number of ether oxygens (including phenoxy) is 2. The second-order valence-corrected chi connectivity index (χ2v) is 6.02. The molecular weight excluding hydrogens is 318 g/mol. The van der Waals surface area contributed by atoms with E-state index in [4.69, 9.17) is 15.2 Å². The van der Waals surface area contributed by atoms with Crippen molar-refractivity contribution < 1.29 is 14.3 Å². The number of amides is 1. The first-order valence-corrected chi connectivity index (χ1v) is 8.51. The van der Waals surface area contributed by atoms with Crippen molar-refractivity contribution in [2.75, 3.05) is 13.2 Å². The molecule has 2 heterocycles. The van der Waals surface area contributed by atoms with Crippen molar-refractivity contribution in [3.8, 4) is 5.88 Å². The van der Waals surface area contributed by atoms with E-state index in [0.29, 0.717) is 24.5 Å². The summed E-state index contributed by atoms with van der Waals surface area (Å²) in [5, 5.41) is 2.91. The van der Waals surface area contributed by atoms with Crippen LogP contribution in [0.15, 0.2) is 42.6 Å². The number of pyridine rings is 1. The van der Waals surface area contributed by atoms with Gasteiger partial charge in [0.15, 0.2) is 0 Å². The van der Waals surface area contributed by atoms with E-state index in [1.165, 1.54) is 0 Å². The van der Waals surface area contributed by atoms with E-state index >= 15 is 0 Å². The smallest absolute Gasteiger partial charge is 0.251 e. The summed E-state index contributed by atoms with van der Waals surface area (Å²) in [6, 6.07) is 11.0. The van der Waals surface area contributed by atoms with Crippen molar-refractivity contribution in [2.24, 2.45) is 5.73 Å². The van der Waals surface area contributed by atoms with Gasteiger partial charge < -0.3 is 20.5 Å². The Balaban J connectivity index is 1.55. The zero-order valence-electron chi connectivity index (χ0n) is 14.1. The lowest BCUT2D eigenvalue weighted by atomic mass is 10.1. The first kappa shape index (κ1) is 17.4. The SMILES string of the molecule is NCc1ccc(C(=O)NCc2ccnc(OC3CCOCC3)c2)cc1. The Labute approximate surface area is 147 Å². The lowest BCUT2D eigenvalue weighted by molar-refractivity contribution is 0.0237. The van der Waals surface area contributed by atoms with Crippen LogP contribution >= 0.6 is 0 Å². The number of hydrogen-bond acceptors (Lipinski definition) is 5. The number of nitrogens with one attached hydrogen (secondary N) is 1. The fourth-order valence-corrected chi connectivity index (χ4v) is 2.67. The molecule has 3 rings (SSSR count). The Morgan fingerprint density at radius 2 is 1.96 bits per heavy atom. The van der Waals surface area contributed by atoms with Crippen molar-refractivity contribution in [3.63, 3.8) is 0 Å². The quantitative estimate of drug-likeness (QED) is 0.839. The van der Waals surface area contributed by atoms with E-state index in [9.17, 15) is 4.79 Å². The van der Waals surface area contributed by atoms with Gasteiger partial charge in [-0.2, -0.15) is 0 Å². The van der Waals surface area contributed by atoms with Crippen LogP contribution in [0.25, 0.3) is 0 Å². The summed E-state index contributed by atoms with van der Waals surface area (Å²) in [5.74, 6) is 0.471. The van der Waals surface area contributed by atoms with Gasteiger partial charge in [-0.3, -0.25) is 4.79 Å². The topological polar surface area (TPSA) is 86.5 Å². The highest BCUT2D eigenvalue weighted by atomic mass is 16.5. The van der Waals surface area contributed by atoms with Gasteiger partial charge in [-0.1, -0.05) is 12.1 Å². The predicted molar refractivity (Wildman–Crippen MR) is 94.2 cm³/mol. The standard InChI is InChI=1S/C19H23N3O3/c20-12-14-1-3-16(4-2-14)19(23)22-13-15-5-8-21-18(11-15)25-17-6-9-24-10-7-17/h1-5,8,11,17H,6-7,9-10,12-13,20H2,(H,22,23). The Morgan fingerprint density at radius 1 is 1.20 bits per heavy atom. The first-order valence-electron chi connectivity index (χ1n) is 8.51. The maximum Gasteiger partial charge on any atom is 0.251 e. The van der Waals surface area contributed by atoms with Crippen molar-refractivity contribution in [2.45, 2.75) is 32.0 Å². The summed E-state index contributed by atoms with van der Waals surface area (Å²) in [5.41, 5.74) is 8.13. The molecule has 0 aliphatic carbocycles. The molecule has 1 aliphatic rings. The Hall–Kier alpha value is -2.44. The third-order valence-corrected chi connectivity index (χ3v) is 4.16. The number of nitrogens with zero attached hydrogens (tertiary/aromatic N) is 1. The molecule has 1 fully saturated rings. The van der Waals surface area contributed by atoms with E-state index in [0.717, 1.165) is 37.2 Å². The van der Waals surface area contributed by atoms with Crippen LogP contribution < -0.4 is 15.8 Å². The number of benzene rings is 1. The lowest BCUT2D eigenvalue weighted by Crippen LogP contribution is -2.26. The van der Waals surface area contributed by atoms with Crippen LogP contribution in [0.5, 0.6) is 5.88 Å². The summed E-state index contributed by atoms with van der Waals surface area (Å²) < 4.78 is 11.2. The average Bonchev–Trinajstić information content (AvgIpc) is 2.67. The Kier molecular flexibility index (Phi) is 5.98. The summed E-state index contributed by atoms with van der Waals surface area (Å²) in [7, 11) is 0. The number of rotatable bonds is 6. The molecule has 25 heavy (non-hydrogen) atoms. The van der Waals surface area contributed by atoms with Crippen LogP contribution in [0, 0.1) is 0 Å². The monoisotopic (exact) mass is 341 g/mol. The van der Waals surface area contributed by atoms with Crippen LogP contribution in [0.3, 0.4) is 0 Å². The molecule has 1 aliphatic heterocycles. The molecule has 0 radical (unpaired) electrons. The molecule has 1 aromatic carbocycles. The summed E-state index contributed by atoms with van der Waals surface area (Å²) in [4.78, 5) is 16.5. The van der Waals surface area contributed by atoms with Crippen molar-refractivity contribution >= 4 is 5.91 Å². The summed E-state index contributed by atoms with van der Waals surface area (Å²) in [6.07, 6.45) is 3.60. The van der Waals surface area contributed by atoms with Gasteiger partial charge >= 0.3 is 0 Å². The highest BCUT2D eigenvalue weighted by Crippen LogP contribution is 2.17. The van der Waals surface area contributed by atoms with E-state index in [2.05, 4.69) is 10.3 Å². The first-order chi connectivity index (χ1) is 12.2. The van der Waals surface area contributed by atoms with Gasteiger partial charge in [-0.05, 0) is 29.3 Å². The molecular formula is C19H23N3O3. The van der Waals surface area contributed by atoms with Crippen molar-refractivity contribution in [1.29, 1.82) is 0 Å². The third kappa shape index (κ3) is 5.01. The zero-order chi connectivity index (χ0) is 17.5. The van der Waals surface area contributed by atoms with Crippen LogP contribution in [0.2, 0.25) is 0 Å². The number of aromatic nitrogens is 1. The molecule has 132 valence electrons. The van der Waals surface area contributed by atoms with Crippen LogP contribution in [0.4, 0.5) is 0 Å². The minimum Gasteiger partial charge on any atom is -0.474 e. The molecule has 1 saturated heterocycles. The van der Waals surface area contributed by atoms with E-state index in [1.54, 1.807) is 18.3 Å². The van der Waals surface area contributed by atoms with Gasteiger partial charge in [0, 0.05) is 43.8 Å². The second-order valence-electron chi connectivity index (χ2n) is 6.02. The maximum absolute atomic E-state index is 12.2. The van der Waals surface area contributed by atoms with E-state index in [1.807, 2.05) is 24.3 Å². The molecule has 0 atom stereocenters. The van der Waals surface area contributed by atoms with Crippen LogP contribution in [0.1, 0.15) is 34.3 Å². The molecule has 1 aromatic heterocycles. The Bertz CT molecular complexity index is 697. The van der Waals surface area contributed by atoms with Gasteiger partial charge in [0.2, 0.25) is 5.88 Å². The third-order valence-electron chi connectivity index (χ3n) is 4.16. The van der Waals surface area contributed by atoms with Crippen molar-refractivity contribution in [1.82, 2.24) is 10.3 Å². The minimum absolute atomic E-state index is 0.118. The highest BCUT2D eigenvalue weighted by Gasteiger charge is 2.16. The second kappa shape index (κ2) is 8.60. The fraction of sp³-hybridized carbons (Fsp3) is 0.368. The molecule has 6 nitrogen and oxygen atoms in total. The highest BCUT2D eigenvalue weighted by molar-refractivity contribution is 5.94. The number of carbonyl (C=O) groups is 1.